The summed E-state index contributed by atoms with van der Waals surface area (Å²) in [5.41, 5.74) is 6.02. The number of carbonyl (C=O) groups is 1. The fourth-order valence-corrected chi connectivity index (χ4v) is 2.98. The largest absolute Gasteiger partial charge is 0.488 e. The molecular weight excluding hydrogens is 338 g/mol. The summed E-state index contributed by atoms with van der Waals surface area (Å²) in [7, 11) is 0. The summed E-state index contributed by atoms with van der Waals surface area (Å²) in [5.74, 6) is 0.282. The Bertz CT molecular complexity index is 1050. The van der Waals surface area contributed by atoms with Gasteiger partial charge in [0.2, 0.25) is 5.88 Å². The predicted octanol–water partition coefficient (Wildman–Crippen LogP) is 1.15. The molecule has 1 aliphatic heterocycles. The maximum Gasteiger partial charge on any atom is 0.333 e. The first-order chi connectivity index (χ1) is 12.5. The Morgan fingerprint density at radius 3 is 3.04 bits per heavy atom. The van der Waals surface area contributed by atoms with Gasteiger partial charge in [-0.3, -0.25) is 9.78 Å². The summed E-state index contributed by atoms with van der Waals surface area (Å²) in [6.07, 6.45) is 2.92. The van der Waals surface area contributed by atoms with Crippen molar-refractivity contribution in [2.24, 2.45) is 5.73 Å². The smallest absolute Gasteiger partial charge is 0.333 e. The number of fused-ring (bicyclic) bond motifs is 3. The molecule has 3 aromatic heterocycles. The van der Waals surface area contributed by atoms with E-state index in [0.717, 1.165) is 6.42 Å². The van der Waals surface area contributed by atoms with E-state index in [1.54, 1.807) is 12.3 Å². The van der Waals surface area contributed by atoms with Crippen molar-refractivity contribution in [1.29, 1.82) is 0 Å². The molecule has 9 heteroatoms. The van der Waals surface area contributed by atoms with Gasteiger partial charge in [0.1, 0.15) is 22.6 Å². The van der Waals surface area contributed by atoms with E-state index >= 15 is 0 Å². The number of ether oxygens (including phenoxy) is 2. The first kappa shape index (κ1) is 16.1. The standard InChI is InChI=1S/C17H17N5O4/c1-9-3-2-8-25-16-10(14(18)23)4-5-12(20-16)22-13-11(26-9)6-7-19-15(13)21-17(22)24/h4-7,9H,2-3,8H2,1H3,(H2,18,23)(H,19,21,24). The highest BCUT2D eigenvalue weighted by Crippen LogP contribution is 2.27. The van der Waals surface area contributed by atoms with Crippen molar-refractivity contribution in [3.63, 3.8) is 0 Å². The summed E-state index contributed by atoms with van der Waals surface area (Å²) in [4.78, 5) is 35.4. The molecule has 1 amide bonds. The van der Waals surface area contributed by atoms with Crippen molar-refractivity contribution in [3.05, 3.63) is 40.4 Å². The highest BCUT2D eigenvalue weighted by molar-refractivity contribution is 5.95. The van der Waals surface area contributed by atoms with Crippen LogP contribution < -0.4 is 20.9 Å². The van der Waals surface area contributed by atoms with Crippen LogP contribution in [0.4, 0.5) is 0 Å². The second-order valence-electron chi connectivity index (χ2n) is 6.08. The lowest BCUT2D eigenvalue weighted by Crippen LogP contribution is -2.21. The summed E-state index contributed by atoms with van der Waals surface area (Å²) in [5, 5.41) is 0. The van der Waals surface area contributed by atoms with Gasteiger partial charge in [0.05, 0.1) is 12.7 Å². The predicted molar refractivity (Wildman–Crippen MR) is 92.8 cm³/mol. The lowest BCUT2D eigenvalue weighted by Gasteiger charge is -2.18. The maximum absolute atomic E-state index is 12.5. The minimum absolute atomic E-state index is 0.0935. The quantitative estimate of drug-likeness (QED) is 0.674. The van der Waals surface area contributed by atoms with Crippen molar-refractivity contribution in [3.8, 4) is 17.4 Å². The van der Waals surface area contributed by atoms with E-state index in [-0.39, 0.29) is 23.4 Å². The van der Waals surface area contributed by atoms with E-state index in [0.29, 0.717) is 29.9 Å². The van der Waals surface area contributed by atoms with E-state index < -0.39 is 11.6 Å². The molecule has 3 N–H and O–H groups in total. The second-order valence-corrected chi connectivity index (χ2v) is 6.08. The molecule has 0 fully saturated rings. The van der Waals surface area contributed by atoms with E-state index in [1.165, 1.54) is 16.7 Å². The Labute approximate surface area is 147 Å². The Hall–Kier alpha value is -3.36. The molecule has 3 aromatic rings. The first-order valence-electron chi connectivity index (χ1n) is 8.25. The number of carbonyl (C=O) groups excluding carboxylic acids is 1. The molecule has 4 heterocycles. The van der Waals surface area contributed by atoms with Crippen molar-refractivity contribution < 1.29 is 14.3 Å². The van der Waals surface area contributed by atoms with Crippen LogP contribution in [0.25, 0.3) is 17.0 Å². The van der Waals surface area contributed by atoms with Crippen molar-refractivity contribution in [2.75, 3.05) is 6.61 Å². The number of primary amides is 1. The molecule has 0 saturated heterocycles. The number of hydrogen-bond donors (Lipinski definition) is 2. The third kappa shape index (κ3) is 2.67. The van der Waals surface area contributed by atoms with Crippen LogP contribution in [0.3, 0.4) is 0 Å². The number of aromatic nitrogens is 4. The number of nitrogens with two attached hydrogens (primary N) is 1. The number of H-pyrrole nitrogens is 1. The maximum atomic E-state index is 12.5. The molecule has 26 heavy (non-hydrogen) atoms. The van der Waals surface area contributed by atoms with E-state index in [1.807, 2.05) is 6.92 Å². The molecule has 0 radical (unpaired) electrons. The second kappa shape index (κ2) is 6.17. The van der Waals surface area contributed by atoms with E-state index in [4.69, 9.17) is 15.2 Å². The van der Waals surface area contributed by atoms with Crippen LogP contribution in [-0.2, 0) is 0 Å². The van der Waals surface area contributed by atoms with E-state index in [9.17, 15) is 9.59 Å². The number of amides is 1. The zero-order valence-electron chi connectivity index (χ0n) is 14.1. The molecule has 0 spiro atoms. The molecule has 0 aromatic carbocycles. The van der Waals surface area contributed by atoms with Gasteiger partial charge >= 0.3 is 5.69 Å². The molecule has 1 atom stereocenters. The summed E-state index contributed by atoms with van der Waals surface area (Å²) in [6, 6.07) is 4.74. The van der Waals surface area contributed by atoms with Crippen molar-refractivity contribution in [1.82, 2.24) is 19.5 Å². The zero-order chi connectivity index (χ0) is 18.3. The van der Waals surface area contributed by atoms with Gasteiger partial charge < -0.3 is 15.2 Å². The van der Waals surface area contributed by atoms with Crippen LogP contribution in [0.5, 0.6) is 11.6 Å². The number of imidazole rings is 1. The molecule has 2 bridgehead atoms. The Morgan fingerprint density at radius 2 is 2.23 bits per heavy atom. The van der Waals surface area contributed by atoms with Crippen LogP contribution in [0, 0.1) is 0 Å². The van der Waals surface area contributed by atoms with E-state index in [2.05, 4.69) is 15.0 Å². The third-order valence-corrected chi connectivity index (χ3v) is 4.20. The molecule has 9 nitrogen and oxygen atoms in total. The van der Waals surface area contributed by atoms with Gasteiger partial charge in [0.25, 0.3) is 5.91 Å². The number of pyridine rings is 2. The molecule has 1 aliphatic rings. The molecule has 1 unspecified atom stereocenters. The molecule has 0 aliphatic carbocycles. The van der Waals surface area contributed by atoms with Gasteiger partial charge in [-0.2, -0.15) is 4.98 Å². The van der Waals surface area contributed by atoms with Crippen LogP contribution in [0.1, 0.15) is 30.1 Å². The normalized spacial score (nSPS) is 16.9. The third-order valence-electron chi connectivity index (χ3n) is 4.20. The Morgan fingerprint density at radius 1 is 1.38 bits per heavy atom. The van der Waals surface area contributed by atoms with Gasteiger partial charge in [0.15, 0.2) is 5.65 Å². The Balaban J connectivity index is 2.01. The van der Waals surface area contributed by atoms with Gasteiger partial charge in [-0.1, -0.05) is 0 Å². The lowest BCUT2D eigenvalue weighted by molar-refractivity contribution is 0.0994. The van der Waals surface area contributed by atoms with Crippen LogP contribution in [-0.4, -0.2) is 38.1 Å². The average molecular weight is 355 g/mol. The fraction of sp³-hybridized carbons (Fsp3) is 0.294. The SMILES string of the molecule is CC1CCCOc2nc(ccc2C(N)=O)-n2c(=O)[nH]c3nccc(c32)O1. The van der Waals surface area contributed by atoms with Gasteiger partial charge in [-0.25, -0.2) is 14.3 Å². The summed E-state index contributed by atoms with van der Waals surface area (Å²) < 4.78 is 13.0. The molecule has 4 rings (SSSR count). The molecule has 0 saturated carbocycles. The summed E-state index contributed by atoms with van der Waals surface area (Å²) in [6.45, 7) is 2.30. The van der Waals surface area contributed by atoms with Crippen molar-refractivity contribution in [2.45, 2.75) is 25.9 Å². The van der Waals surface area contributed by atoms with Crippen LogP contribution in [0.15, 0.2) is 29.2 Å². The number of hydrogen-bond acceptors (Lipinski definition) is 6. The number of nitrogens with one attached hydrogen (secondary N) is 1. The minimum Gasteiger partial charge on any atom is -0.488 e. The van der Waals surface area contributed by atoms with Crippen molar-refractivity contribution >= 4 is 17.1 Å². The van der Waals surface area contributed by atoms with Gasteiger partial charge in [0, 0.05) is 12.3 Å². The summed E-state index contributed by atoms with van der Waals surface area (Å²) >= 11 is 0. The fourth-order valence-electron chi connectivity index (χ4n) is 2.98. The van der Waals surface area contributed by atoms with Crippen LogP contribution >= 0.6 is 0 Å². The van der Waals surface area contributed by atoms with Gasteiger partial charge in [-0.05, 0) is 31.9 Å². The highest BCUT2D eigenvalue weighted by Gasteiger charge is 2.20. The monoisotopic (exact) mass is 355 g/mol. The number of aromatic amines is 1. The number of rotatable bonds is 1. The van der Waals surface area contributed by atoms with Crippen LogP contribution in [0.2, 0.25) is 0 Å². The first-order valence-corrected chi connectivity index (χ1v) is 8.25. The zero-order valence-corrected chi connectivity index (χ0v) is 14.1. The lowest BCUT2D eigenvalue weighted by atomic mass is 10.2. The average Bonchev–Trinajstić information content (AvgIpc) is 2.94. The topological polar surface area (TPSA) is 125 Å². The number of nitrogens with zero attached hydrogens (tertiary/aromatic N) is 3. The Kier molecular flexibility index (Phi) is 3.83. The molecule has 134 valence electrons. The molecular formula is C17H17N5O4. The minimum atomic E-state index is -0.642. The highest BCUT2D eigenvalue weighted by atomic mass is 16.5. The van der Waals surface area contributed by atoms with Gasteiger partial charge in [-0.15, -0.1) is 0 Å².